The number of carboxylic acid groups (broad SMARTS) is 1. The predicted molar refractivity (Wildman–Crippen MR) is 83.3 cm³/mol. The first-order valence-corrected chi connectivity index (χ1v) is 7.32. The summed E-state index contributed by atoms with van der Waals surface area (Å²) in [5, 5.41) is 12.6. The van der Waals surface area contributed by atoms with Gasteiger partial charge in [0, 0.05) is 38.4 Å². The Balaban J connectivity index is 1.96. The van der Waals surface area contributed by atoms with Crippen LogP contribution in [0.1, 0.15) is 6.42 Å². The number of nitrogens with zero attached hydrogens (tertiary/aromatic N) is 3. The highest BCUT2D eigenvalue weighted by Gasteiger charge is 2.12. The molecule has 1 aromatic heterocycles. The monoisotopic (exact) mass is 302 g/mol. The summed E-state index contributed by atoms with van der Waals surface area (Å²) in [6.07, 6.45) is 1.32. The van der Waals surface area contributed by atoms with Gasteiger partial charge in [0.05, 0.1) is 23.7 Å². The van der Waals surface area contributed by atoms with Crippen LogP contribution in [0.2, 0.25) is 0 Å². The number of hydrogen-bond acceptors (Lipinski definition) is 5. The van der Waals surface area contributed by atoms with Crippen LogP contribution in [0.4, 0.5) is 5.69 Å². The van der Waals surface area contributed by atoms with E-state index >= 15 is 0 Å². The Kier molecular flexibility index (Phi) is 4.06. The van der Waals surface area contributed by atoms with Gasteiger partial charge in [0.25, 0.3) is 5.56 Å². The maximum Gasteiger partial charge on any atom is 0.305 e. The van der Waals surface area contributed by atoms with E-state index in [2.05, 4.69) is 15.2 Å². The molecular weight excluding hydrogens is 284 g/mol. The molecule has 1 aliphatic rings. The Morgan fingerprint density at radius 1 is 1.32 bits per heavy atom. The third-order valence-corrected chi connectivity index (χ3v) is 3.86. The molecule has 1 aromatic carbocycles. The largest absolute Gasteiger partial charge is 0.481 e. The van der Waals surface area contributed by atoms with E-state index in [1.54, 1.807) is 0 Å². The normalized spacial score (nSPS) is 15.2. The average Bonchev–Trinajstić information content (AvgIpc) is 2.55. The molecule has 0 radical (unpaired) electrons. The van der Waals surface area contributed by atoms with Crippen molar-refractivity contribution in [1.82, 2.24) is 14.9 Å². The van der Waals surface area contributed by atoms with Gasteiger partial charge in [0.15, 0.2) is 0 Å². The molecule has 0 saturated carbocycles. The zero-order valence-electron chi connectivity index (χ0n) is 12.2. The number of benzene rings is 1. The van der Waals surface area contributed by atoms with Crippen molar-refractivity contribution in [1.29, 1.82) is 0 Å². The quantitative estimate of drug-likeness (QED) is 0.843. The van der Waals surface area contributed by atoms with Gasteiger partial charge < -0.3 is 15.3 Å². The van der Waals surface area contributed by atoms with Crippen LogP contribution >= 0.6 is 0 Å². The summed E-state index contributed by atoms with van der Waals surface area (Å²) in [4.78, 5) is 29.6. The van der Waals surface area contributed by atoms with E-state index in [4.69, 9.17) is 5.11 Å². The Morgan fingerprint density at radius 2 is 2.09 bits per heavy atom. The molecule has 0 spiro atoms. The lowest BCUT2D eigenvalue weighted by Gasteiger charge is -2.29. The fraction of sp³-hybridized carbons (Fsp3) is 0.400. The summed E-state index contributed by atoms with van der Waals surface area (Å²) in [5.41, 5.74) is 1.45. The molecule has 0 amide bonds. The summed E-state index contributed by atoms with van der Waals surface area (Å²) in [6.45, 7) is 3.79. The van der Waals surface area contributed by atoms with Crippen LogP contribution < -0.4 is 15.8 Å². The molecule has 7 nitrogen and oxygen atoms in total. The Hall–Kier alpha value is -2.41. The van der Waals surface area contributed by atoms with E-state index < -0.39 is 5.97 Å². The van der Waals surface area contributed by atoms with Crippen LogP contribution in [-0.4, -0.2) is 46.8 Å². The molecule has 0 unspecified atom stereocenters. The van der Waals surface area contributed by atoms with Crippen molar-refractivity contribution < 1.29 is 9.90 Å². The Bertz CT molecular complexity index is 750. The van der Waals surface area contributed by atoms with Gasteiger partial charge in [-0.15, -0.1) is 0 Å². The Morgan fingerprint density at radius 3 is 2.82 bits per heavy atom. The Labute approximate surface area is 127 Å². The number of piperazine rings is 1. The van der Waals surface area contributed by atoms with Gasteiger partial charge in [-0.25, -0.2) is 4.98 Å². The van der Waals surface area contributed by atoms with Gasteiger partial charge >= 0.3 is 5.97 Å². The molecule has 0 atom stereocenters. The summed E-state index contributed by atoms with van der Waals surface area (Å²) in [5.74, 6) is -0.929. The zero-order chi connectivity index (χ0) is 15.5. The first kappa shape index (κ1) is 14.5. The number of carbonyl (C=O) groups is 1. The minimum Gasteiger partial charge on any atom is -0.481 e. The summed E-state index contributed by atoms with van der Waals surface area (Å²) in [7, 11) is 0. The van der Waals surface area contributed by atoms with E-state index in [0.717, 1.165) is 31.9 Å². The molecular formula is C15H18N4O3. The highest BCUT2D eigenvalue weighted by atomic mass is 16.4. The molecule has 7 heteroatoms. The van der Waals surface area contributed by atoms with Crippen molar-refractivity contribution >= 4 is 22.6 Å². The van der Waals surface area contributed by atoms with Crippen molar-refractivity contribution in [3.05, 3.63) is 34.9 Å². The van der Waals surface area contributed by atoms with Gasteiger partial charge in [0.2, 0.25) is 0 Å². The lowest BCUT2D eigenvalue weighted by atomic mass is 10.2. The number of aliphatic carboxylic acids is 1. The van der Waals surface area contributed by atoms with E-state index in [1.807, 2.05) is 18.2 Å². The summed E-state index contributed by atoms with van der Waals surface area (Å²) < 4.78 is 1.36. The third-order valence-electron chi connectivity index (χ3n) is 3.86. The van der Waals surface area contributed by atoms with E-state index in [1.165, 1.54) is 10.9 Å². The number of rotatable bonds is 4. The number of aromatic nitrogens is 2. The van der Waals surface area contributed by atoms with Gasteiger partial charge in [-0.05, 0) is 18.2 Å². The van der Waals surface area contributed by atoms with E-state index in [9.17, 15) is 9.59 Å². The molecule has 1 aliphatic heterocycles. The summed E-state index contributed by atoms with van der Waals surface area (Å²) >= 11 is 0. The molecule has 2 heterocycles. The van der Waals surface area contributed by atoms with Crippen molar-refractivity contribution in [2.75, 3.05) is 31.1 Å². The lowest BCUT2D eigenvalue weighted by molar-refractivity contribution is -0.137. The second-order valence-corrected chi connectivity index (χ2v) is 5.33. The standard InChI is InChI=1S/C15H18N4O3/c20-14(21)3-6-19-10-17-13-2-1-11(9-12(13)15(19)22)18-7-4-16-5-8-18/h1-2,9-10,16H,3-8H2,(H,20,21). The average molecular weight is 302 g/mol. The van der Waals surface area contributed by atoms with Crippen LogP contribution in [0.15, 0.2) is 29.3 Å². The second kappa shape index (κ2) is 6.15. The molecule has 1 saturated heterocycles. The number of nitrogens with one attached hydrogen (secondary N) is 1. The van der Waals surface area contributed by atoms with Crippen LogP contribution in [0, 0.1) is 0 Å². The van der Waals surface area contributed by atoms with Gasteiger partial charge in [0.1, 0.15) is 0 Å². The minimum atomic E-state index is -0.929. The zero-order valence-corrected chi connectivity index (χ0v) is 12.2. The number of carboxylic acids is 1. The molecule has 0 aliphatic carbocycles. The van der Waals surface area contributed by atoms with Gasteiger partial charge in [-0.2, -0.15) is 0 Å². The highest BCUT2D eigenvalue weighted by molar-refractivity contribution is 5.81. The highest BCUT2D eigenvalue weighted by Crippen LogP contribution is 2.19. The van der Waals surface area contributed by atoms with Gasteiger partial charge in [-0.3, -0.25) is 14.2 Å². The molecule has 2 N–H and O–H groups in total. The summed E-state index contributed by atoms with van der Waals surface area (Å²) in [6, 6.07) is 5.67. The van der Waals surface area contributed by atoms with Gasteiger partial charge in [-0.1, -0.05) is 0 Å². The van der Waals surface area contributed by atoms with Crippen LogP contribution in [-0.2, 0) is 11.3 Å². The molecule has 22 heavy (non-hydrogen) atoms. The van der Waals surface area contributed by atoms with E-state index in [0.29, 0.717) is 10.9 Å². The third kappa shape index (κ3) is 2.94. The van der Waals surface area contributed by atoms with Crippen LogP contribution in [0.5, 0.6) is 0 Å². The SMILES string of the molecule is O=C(O)CCn1cnc2ccc(N3CCNCC3)cc2c1=O. The predicted octanol–water partition coefficient (Wildman–Crippen LogP) is 0.281. The first-order valence-electron chi connectivity index (χ1n) is 7.32. The van der Waals surface area contributed by atoms with Crippen molar-refractivity contribution in [2.45, 2.75) is 13.0 Å². The van der Waals surface area contributed by atoms with Crippen molar-refractivity contribution in [3.63, 3.8) is 0 Å². The fourth-order valence-electron chi connectivity index (χ4n) is 2.64. The van der Waals surface area contributed by atoms with Crippen molar-refractivity contribution in [2.24, 2.45) is 0 Å². The van der Waals surface area contributed by atoms with Crippen molar-refractivity contribution in [3.8, 4) is 0 Å². The molecule has 0 bridgehead atoms. The lowest BCUT2D eigenvalue weighted by Crippen LogP contribution is -2.43. The molecule has 3 rings (SSSR count). The number of hydrogen-bond donors (Lipinski definition) is 2. The topological polar surface area (TPSA) is 87.5 Å². The molecule has 2 aromatic rings. The van der Waals surface area contributed by atoms with Crippen LogP contribution in [0.3, 0.4) is 0 Å². The first-order chi connectivity index (χ1) is 10.6. The molecule has 1 fully saturated rings. The maximum absolute atomic E-state index is 12.5. The number of aryl methyl sites for hydroxylation is 1. The number of anilines is 1. The smallest absolute Gasteiger partial charge is 0.305 e. The minimum absolute atomic E-state index is 0.0927. The molecule has 116 valence electrons. The maximum atomic E-state index is 12.5. The second-order valence-electron chi connectivity index (χ2n) is 5.33. The van der Waals surface area contributed by atoms with Crippen LogP contribution in [0.25, 0.3) is 10.9 Å². The van der Waals surface area contributed by atoms with E-state index in [-0.39, 0.29) is 18.5 Å². The fourth-order valence-corrected chi connectivity index (χ4v) is 2.64. The number of fused-ring (bicyclic) bond motifs is 1.